The van der Waals surface area contributed by atoms with E-state index in [0.29, 0.717) is 0 Å². The molecule has 0 atom stereocenters. The third kappa shape index (κ3) is 3.37. The minimum absolute atomic E-state index is 0.247. The summed E-state index contributed by atoms with van der Waals surface area (Å²) in [6.07, 6.45) is 1.13. The van der Waals surface area contributed by atoms with Crippen LogP contribution in [0.1, 0.15) is 12.0 Å². The molecule has 4 nitrogen and oxygen atoms in total. The Morgan fingerprint density at radius 2 is 2.00 bits per heavy atom. The van der Waals surface area contributed by atoms with E-state index in [-0.39, 0.29) is 6.61 Å². The zero-order chi connectivity index (χ0) is 13.0. The second-order valence-electron chi connectivity index (χ2n) is 5.01. The van der Waals surface area contributed by atoms with Crippen LogP contribution in [0.5, 0.6) is 0 Å². The largest absolute Gasteiger partial charge is 0.399 e. The fraction of sp³-hybridized carbons (Fsp3) is 0.571. The fourth-order valence-corrected chi connectivity index (χ4v) is 2.57. The van der Waals surface area contributed by atoms with Gasteiger partial charge in [0.1, 0.15) is 0 Å². The number of β-amino-alcohol motifs (C(OH)–C–C–N with tert-alkyl or cyclic N) is 1. The normalized spacial score (nSPS) is 17.8. The fourth-order valence-electron chi connectivity index (χ4n) is 2.57. The van der Waals surface area contributed by atoms with E-state index in [1.165, 1.54) is 11.3 Å². The summed E-state index contributed by atoms with van der Waals surface area (Å²) in [6.45, 7) is 7.25. The number of nitrogen functional groups attached to an aromatic ring is 1. The van der Waals surface area contributed by atoms with Gasteiger partial charge in [0.2, 0.25) is 0 Å². The molecule has 0 aliphatic carbocycles. The number of benzene rings is 1. The summed E-state index contributed by atoms with van der Waals surface area (Å²) in [4.78, 5) is 4.71. The van der Waals surface area contributed by atoms with Crippen LogP contribution in [0.15, 0.2) is 18.2 Å². The Labute approximate surface area is 109 Å². The summed E-state index contributed by atoms with van der Waals surface area (Å²) in [5.41, 5.74) is 9.18. The molecule has 0 spiro atoms. The molecule has 1 aliphatic rings. The van der Waals surface area contributed by atoms with E-state index >= 15 is 0 Å². The lowest BCUT2D eigenvalue weighted by atomic mass is 10.2. The highest BCUT2D eigenvalue weighted by Gasteiger charge is 2.15. The molecule has 1 aromatic carbocycles. The highest BCUT2D eigenvalue weighted by molar-refractivity contribution is 5.58. The van der Waals surface area contributed by atoms with Gasteiger partial charge >= 0.3 is 0 Å². The minimum atomic E-state index is 0.247. The van der Waals surface area contributed by atoms with Crippen LogP contribution in [0.3, 0.4) is 0 Å². The van der Waals surface area contributed by atoms with Gasteiger partial charge < -0.3 is 15.7 Å². The molecule has 0 radical (unpaired) electrons. The van der Waals surface area contributed by atoms with Crippen molar-refractivity contribution in [3.8, 4) is 0 Å². The van der Waals surface area contributed by atoms with Gasteiger partial charge in [-0.3, -0.25) is 4.90 Å². The Balaban J connectivity index is 2.05. The van der Waals surface area contributed by atoms with Gasteiger partial charge in [-0.2, -0.15) is 0 Å². The molecule has 3 N–H and O–H groups in total. The first kappa shape index (κ1) is 13.2. The molecule has 100 valence electrons. The van der Waals surface area contributed by atoms with Crippen molar-refractivity contribution in [2.24, 2.45) is 0 Å². The molecule has 0 aromatic heterocycles. The summed E-state index contributed by atoms with van der Waals surface area (Å²) in [5, 5.41) is 8.99. The lowest BCUT2D eigenvalue weighted by Gasteiger charge is -2.24. The maximum absolute atomic E-state index is 8.99. The van der Waals surface area contributed by atoms with Crippen molar-refractivity contribution in [3.63, 3.8) is 0 Å². The SMILES string of the molecule is Cc1cc(N)cc(N2CCCN(CCO)CC2)c1. The van der Waals surface area contributed by atoms with Gasteiger partial charge in [0.25, 0.3) is 0 Å². The lowest BCUT2D eigenvalue weighted by molar-refractivity contribution is 0.204. The van der Waals surface area contributed by atoms with Gasteiger partial charge in [0, 0.05) is 37.6 Å². The van der Waals surface area contributed by atoms with Gasteiger partial charge in [0.15, 0.2) is 0 Å². The number of anilines is 2. The molecular formula is C14H23N3O. The Bertz CT molecular complexity index is 374. The van der Waals surface area contributed by atoms with E-state index in [1.54, 1.807) is 0 Å². The zero-order valence-corrected chi connectivity index (χ0v) is 11.1. The van der Waals surface area contributed by atoms with Gasteiger partial charge in [-0.05, 0) is 43.7 Å². The minimum Gasteiger partial charge on any atom is -0.399 e. The van der Waals surface area contributed by atoms with Gasteiger partial charge in [-0.1, -0.05) is 0 Å². The Kier molecular flexibility index (Phi) is 4.44. The van der Waals surface area contributed by atoms with E-state index in [1.807, 2.05) is 6.07 Å². The van der Waals surface area contributed by atoms with Gasteiger partial charge in [-0.15, -0.1) is 0 Å². The van der Waals surface area contributed by atoms with Crippen molar-refractivity contribution < 1.29 is 5.11 Å². The monoisotopic (exact) mass is 249 g/mol. The summed E-state index contributed by atoms with van der Waals surface area (Å²) >= 11 is 0. The number of aryl methyl sites for hydroxylation is 1. The predicted octanol–water partition coefficient (Wildman–Crippen LogP) is 1.08. The average molecular weight is 249 g/mol. The maximum atomic E-state index is 8.99. The number of hydrogen-bond acceptors (Lipinski definition) is 4. The van der Waals surface area contributed by atoms with Crippen LogP contribution in [0.2, 0.25) is 0 Å². The zero-order valence-electron chi connectivity index (χ0n) is 11.1. The number of nitrogens with zero attached hydrogens (tertiary/aromatic N) is 2. The van der Waals surface area contributed by atoms with Crippen molar-refractivity contribution in [1.29, 1.82) is 0 Å². The molecule has 4 heteroatoms. The molecular weight excluding hydrogens is 226 g/mol. The van der Waals surface area contributed by atoms with E-state index in [0.717, 1.165) is 44.8 Å². The molecule has 1 saturated heterocycles. The van der Waals surface area contributed by atoms with Crippen LogP contribution in [-0.4, -0.2) is 49.3 Å². The molecule has 2 rings (SSSR count). The summed E-state index contributed by atoms with van der Waals surface area (Å²) in [7, 11) is 0. The number of aliphatic hydroxyl groups excluding tert-OH is 1. The molecule has 1 fully saturated rings. The standard InChI is InChI=1S/C14H23N3O/c1-12-9-13(15)11-14(10-12)17-4-2-3-16(5-6-17)7-8-18/h9-11,18H,2-8,15H2,1H3. The first-order chi connectivity index (χ1) is 8.69. The van der Waals surface area contributed by atoms with E-state index < -0.39 is 0 Å². The summed E-state index contributed by atoms with van der Waals surface area (Å²) in [5.74, 6) is 0. The van der Waals surface area contributed by atoms with Crippen LogP contribution >= 0.6 is 0 Å². The number of aliphatic hydroxyl groups is 1. The van der Waals surface area contributed by atoms with Crippen LogP contribution in [-0.2, 0) is 0 Å². The third-order valence-corrected chi connectivity index (χ3v) is 3.45. The summed E-state index contributed by atoms with van der Waals surface area (Å²) < 4.78 is 0. The van der Waals surface area contributed by atoms with Crippen molar-refractivity contribution >= 4 is 11.4 Å². The second-order valence-corrected chi connectivity index (χ2v) is 5.01. The molecule has 1 aromatic rings. The van der Waals surface area contributed by atoms with Crippen molar-refractivity contribution in [3.05, 3.63) is 23.8 Å². The summed E-state index contributed by atoms with van der Waals surface area (Å²) in [6, 6.07) is 6.24. The third-order valence-electron chi connectivity index (χ3n) is 3.45. The molecule has 1 heterocycles. The smallest absolute Gasteiger partial charge is 0.0558 e. The van der Waals surface area contributed by atoms with Gasteiger partial charge in [-0.25, -0.2) is 0 Å². The second kappa shape index (κ2) is 6.07. The van der Waals surface area contributed by atoms with Crippen LogP contribution in [0, 0.1) is 6.92 Å². The predicted molar refractivity (Wildman–Crippen MR) is 75.9 cm³/mol. The maximum Gasteiger partial charge on any atom is 0.0558 e. The average Bonchev–Trinajstić information content (AvgIpc) is 2.54. The Morgan fingerprint density at radius 3 is 2.72 bits per heavy atom. The quantitative estimate of drug-likeness (QED) is 0.787. The first-order valence-electron chi connectivity index (χ1n) is 6.64. The van der Waals surface area contributed by atoms with Crippen molar-refractivity contribution in [2.75, 3.05) is 50.0 Å². The van der Waals surface area contributed by atoms with E-state index in [9.17, 15) is 0 Å². The van der Waals surface area contributed by atoms with Crippen LogP contribution in [0.4, 0.5) is 11.4 Å². The molecule has 0 amide bonds. The van der Waals surface area contributed by atoms with E-state index in [2.05, 4.69) is 28.9 Å². The number of hydrogen-bond donors (Lipinski definition) is 2. The molecule has 0 unspecified atom stereocenters. The van der Waals surface area contributed by atoms with Gasteiger partial charge in [0.05, 0.1) is 6.61 Å². The highest BCUT2D eigenvalue weighted by Crippen LogP contribution is 2.21. The van der Waals surface area contributed by atoms with Crippen LogP contribution < -0.4 is 10.6 Å². The molecule has 18 heavy (non-hydrogen) atoms. The topological polar surface area (TPSA) is 52.7 Å². The molecule has 1 aliphatic heterocycles. The highest BCUT2D eigenvalue weighted by atomic mass is 16.3. The van der Waals surface area contributed by atoms with Crippen LogP contribution in [0.25, 0.3) is 0 Å². The number of nitrogens with two attached hydrogens (primary N) is 1. The molecule has 0 saturated carbocycles. The molecule has 0 bridgehead atoms. The Morgan fingerprint density at radius 1 is 1.17 bits per heavy atom. The number of rotatable bonds is 3. The van der Waals surface area contributed by atoms with Crippen molar-refractivity contribution in [1.82, 2.24) is 4.90 Å². The first-order valence-corrected chi connectivity index (χ1v) is 6.64. The lowest BCUT2D eigenvalue weighted by Crippen LogP contribution is -2.32. The van der Waals surface area contributed by atoms with Crippen molar-refractivity contribution in [2.45, 2.75) is 13.3 Å². The Hall–Kier alpha value is -1.26. The van der Waals surface area contributed by atoms with E-state index in [4.69, 9.17) is 10.8 Å².